The molecule has 1 atom stereocenters. The van der Waals surface area contributed by atoms with E-state index in [9.17, 15) is 14.4 Å². The number of aromatic nitrogens is 2. The first-order valence-electron chi connectivity index (χ1n) is 6.55. The standard InChI is InChI=1S/C12H16N4O5/c1-7-14-9(21-15-7)2-3-10(17)16-5-4-13-12(20)8(16)6-11(18)19/h8H,2-6H2,1H3,(H,13,20)(H,18,19). The third kappa shape index (κ3) is 3.77. The maximum Gasteiger partial charge on any atom is 0.305 e. The van der Waals surface area contributed by atoms with Crippen molar-refractivity contribution in [2.45, 2.75) is 32.2 Å². The van der Waals surface area contributed by atoms with Gasteiger partial charge in [0.2, 0.25) is 17.7 Å². The maximum atomic E-state index is 12.2. The van der Waals surface area contributed by atoms with Crippen molar-refractivity contribution < 1.29 is 24.0 Å². The summed E-state index contributed by atoms with van der Waals surface area (Å²) in [6.45, 7) is 2.29. The van der Waals surface area contributed by atoms with E-state index in [0.29, 0.717) is 24.8 Å². The molecule has 0 spiro atoms. The molecule has 2 rings (SSSR count). The van der Waals surface area contributed by atoms with Crippen molar-refractivity contribution in [2.75, 3.05) is 13.1 Å². The smallest absolute Gasteiger partial charge is 0.305 e. The number of carboxylic acid groups (broad SMARTS) is 1. The summed E-state index contributed by atoms with van der Waals surface area (Å²) in [5, 5.41) is 15.0. The Kier molecular flexibility index (Phi) is 4.51. The minimum Gasteiger partial charge on any atom is -0.481 e. The summed E-state index contributed by atoms with van der Waals surface area (Å²) < 4.78 is 4.91. The number of carbonyl (C=O) groups is 3. The van der Waals surface area contributed by atoms with Gasteiger partial charge in [-0.05, 0) is 6.92 Å². The molecule has 1 unspecified atom stereocenters. The third-order valence-electron chi connectivity index (χ3n) is 3.14. The number of rotatable bonds is 5. The molecule has 1 aromatic heterocycles. The van der Waals surface area contributed by atoms with Crippen LogP contribution in [0, 0.1) is 6.92 Å². The average Bonchev–Trinajstić information content (AvgIpc) is 2.84. The molecule has 21 heavy (non-hydrogen) atoms. The van der Waals surface area contributed by atoms with E-state index in [1.54, 1.807) is 6.92 Å². The second-order valence-corrected chi connectivity index (χ2v) is 4.73. The van der Waals surface area contributed by atoms with Gasteiger partial charge in [0.05, 0.1) is 6.42 Å². The number of amides is 2. The highest BCUT2D eigenvalue weighted by Gasteiger charge is 2.34. The van der Waals surface area contributed by atoms with Crippen LogP contribution in [0.5, 0.6) is 0 Å². The van der Waals surface area contributed by atoms with Crippen molar-refractivity contribution in [1.82, 2.24) is 20.4 Å². The van der Waals surface area contributed by atoms with Crippen molar-refractivity contribution in [3.63, 3.8) is 0 Å². The van der Waals surface area contributed by atoms with E-state index in [1.807, 2.05) is 0 Å². The van der Waals surface area contributed by atoms with Gasteiger partial charge in [0.15, 0.2) is 5.82 Å². The van der Waals surface area contributed by atoms with E-state index >= 15 is 0 Å². The molecule has 1 fully saturated rings. The summed E-state index contributed by atoms with van der Waals surface area (Å²) in [6, 6.07) is -0.965. The van der Waals surface area contributed by atoms with Crippen LogP contribution in [-0.4, -0.2) is 57.1 Å². The van der Waals surface area contributed by atoms with Crippen LogP contribution in [0.1, 0.15) is 24.6 Å². The quantitative estimate of drug-likeness (QED) is 0.722. The summed E-state index contributed by atoms with van der Waals surface area (Å²) in [5.41, 5.74) is 0. The second kappa shape index (κ2) is 6.33. The minimum atomic E-state index is -1.12. The first kappa shape index (κ1) is 14.9. The largest absolute Gasteiger partial charge is 0.481 e. The zero-order valence-corrected chi connectivity index (χ0v) is 11.5. The third-order valence-corrected chi connectivity index (χ3v) is 3.14. The molecular formula is C12H16N4O5. The van der Waals surface area contributed by atoms with Crippen LogP contribution in [0.25, 0.3) is 0 Å². The lowest BCUT2D eigenvalue weighted by Gasteiger charge is -2.34. The van der Waals surface area contributed by atoms with Crippen molar-refractivity contribution in [3.8, 4) is 0 Å². The van der Waals surface area contributed by atoms with Gasteiger partial charge in [0.1, 0.15) is 6.04 Å². The normalized spacial score (nSPS) is 18.4. The van der Waals surface area contributed by atoms with Gasteiger partial charge >= 0.3 is 5.97 Å². The number of hydrogen-bond donors (Lipinski definition) is 2. The topological polar surface area (TPSA) is 126 Å². The van der Waals surface area contributed by atoms with Gasteiger partial charge in [0, 0.05) is 25.9 Å². The van der Waals surface area contributed by atoms with Gasteiger partial charge in [-0.1, -0.05) is 5.16 Å². The zero-order chi connectivity index (χ0) is 15.4. The van der Waals surface area contributed by atoms with Crippen LogP contribution in [-0.2, 0) is 20.8 Å². The number of nitrogens with zero attached hydrogens (tertiary/aromatic N) is 3. The Balaban J connectivity index is 1.98. The van der Waals surface area contributed by atoms with Crippen LogP contribution < -0.4 is 5.32 Å². The Morgan fingerprint density at radius 2 is 2.29 bits per heavy atom. The lowest BCUT2D eigenvalue weighted by Crippen LogP contribution is -2.57. The van der Waals surface area contributed by atoms with Crippen LogP contribution >= 0.6 is 0 Å². The Labute approximate surface area is 120 Å². The molecule has 2 heterocycles. The van der Waals surface area contributed by atoms with Gasteiger partial charge in [-0.2, -0.15) is 4.98 Å². The van der Waals surface area contributed by atoms with Gasteiger partial charge in [0.25, 0.3) is 0 Å². The van der Waals surface area contributed by atoms with E-state index in [2.05, 4.69) is 15.5 Å². The number of aliphatic carboxylic acids is 1. The van der Waals surface area contributed by atoms with Crippen LogP contribution in [0.4, 0.5) is 0 Å². The monoisotopic (exact) mass is 296 g/mol. The molecule has 1 aliphatic rings. The van der Waals surface area contributed by atoms with Crippen molar-refractivity contribution in [2.24, 2.45) is 0 Å². The van der Waals surface area contributed by atoms with Gasteiger partial charge in [-0.15, -0.1) is 0 Å². The maximum absolute atomic E-state index is 12.2. The van der Waals surface area contributed by atoms with E-state index in [0.717, 1.165) is 0 Å². The second-order valence-electron chi connectivity index (χ2n) is 4.73. The zero-order valence-electron chi connectivity index (χ0n) is 11.5. The lowest BCUT2D eigenvalue weighted by molar-refractivity contribution is -0.148. The molecule has 9 nitrogen and oxygen atoms in total. The van der Waals surface area contributed by atoms with Crippen LogP contribution in [0.15, 0.2) is 4.52 Å². The van der Waals surface area contributed by atoms with Crippen LogP contribution in [0.3, 0.4) is 0 Å². The molecule has 2 amide bonds. The Bertz CT molecular complexity index is 556. The average molecular weight is 296 g/mol. The van der Waals surface area contributed by atoms with Crippen molar-refractivity contribution >= 4 is 17.8 Å². The fourth-order valence-corrected chi connectivity index (χ4v) is 2.18. The molecule has 1 saturated heterocycles. The number of carboxylic acids is 1. The van der Waals surface area contributed by atoms with Crippen LogP contribution in [0.2, 0.25) is 0 Å². The highest BCUT2D eigenvalue weighted by atomic mass is 16.5. The number of carbonyl (C=O) groups excluding carboxylic acids is 2. The summed E-state index contributed by atoms with van der Waals surface area (Å²) in [6.07, 6.45) is -0.0557. The van der Waals surface area contributed by atoms with Crippen molar-refractivity contribution in [3.05, 3.63) is 11.7 Å². The Hall–Kier alpha value is -2.45. The summed E-state index contributed by atoms with van der Waals surface area (Å²) in [7, 11) is 0. The first-order chi connectivity index (χ1) is 9.97. The molecule has 1 aromatic rings. The summed E-state index contributed by atoms with van der Waals surface area (Å²) in [5.74, 6) is -1.03. The molecule has 0 aliphatic carbocycles. The first-order valence-corrected chi connectivity index (χ1v) is 6.55. The van der Waals surface area contributed by atoms with E-state index in [4.69, 9.17) is 9.63 Å². The molecule has 2 N–H and O–H groups in total. The van der Waals surface area contributed by atoms with E-state index in [1.165, 1.54) is 4.90 Å². The highest BCUT2D eigenvalue weighted by molar-refractivity contribution is 5.91. The fraction of sp³-hybridized carbons (Fsp3) is 0.583. The Morgan fingerprint density at radius 3 is 2.90 bits per heavy atom. The molecular weight excluding hydrogens is 280 g/mol. The summed E-state index contributed by atoms with van der Waals surface area (Å²) in [4.78, 5) is 40.0. The molecule has 0 radical (unpaired) electrons. The number of nitrogens with one attached hydrogen (secondary N) is 1. The van der Waals surface area contributed by atoms with Gasteiger partial charge < -0.3 is 19.8 Å². The Morgan fingerprint density at radius 1 is 1.52 bits per heavy atom. The predicted molar refractivity (Wildman–Crippen MR) is 68.1 cm³/mol. The number of hydrogen-bond acceptors (Lipinski definition) is 6. The number of aryl methyl sites for hydroxylation is 2. The molecule has 0 bridgehead atoms. The van der Waals surface area contributed by atoms with E-state index in [-0.39, 0.29) is 18.7 Å². The van der Waals surface area contributed by atoms with E-state index < -0.39 is 24.3 Å². The SMILES string of the molecule is Cc1noc(CCC(=O)N2CCNC(=O)C2CC(=O)O)n1. The molecule has 0 aromatic carbocycles. The minimum absolute atomic E-state index is 0.0883. The molecule has 114 valence electrons. The summed E-state index contributed by atoms with van der Waals surface area (Å²) >= 11 is 0. The van der Waals surface area contributed by atoms with Gasteiger partial charge in [-0.25, -0.2) is 0 Å². The van der Waals surface area contributed by atoms with Gasteiger partial charge in [-0.3, -0.25) is 14.4 Å². The lowest BCUT2D eigenvalue weighted by atomic mass is 10.1. The number of piperazine rings is 1. The fourth-order valence-electron chi connectivity index (χ4n) is 2.18. The highest BCUT2D eigenvalue weighted by Crippen LogP contribution is 2.12. The molecule has 0 saturated carbocycles. The molecule has 1 aliphatic heterocycles. The van der Waals surface area contributed by atoms with Crippen molar-refractivity contribution in [1.29, 1.82) is 0 Å². The molecule has 9 heteroatoms. The predicted octanol–water partition coefficient (Wildman–Crippen LogP) is -0.888.